The Morgan fingerprint density at radius 3 is 2.41 bits per heavy atom. The largest absolute Gasteiger partial charge is 0.393 e. The lowest BCUT2D eigenvalue weighted by molar-refractivity contribution is -0.131. The zero-order valence-electron chi connectivity index (χ0n) is 21.0. The van der Waals surface area contributed by atoms with E-state index in [4.69, 9.17) is 0 Å². The van der Waals surface area contributed by atoms with Crippen LogP contribution in [0.25, 0.3) is 10.2 Å². The first-order valence-corrected chi connectivity index (χ1v) is 14.5. The van der Waals surface area contributed by atoms with Crippen molar-refractivity contribution in [3.05, 3.63) is 47.1 Å². The van der Waals surface area contributed by atoms with Gasteiger partial charge in [0.05, 0.1) is 24.0 Å². The number of fused-ring (bicyclic) bond motifs is 1. The van der Waals surface area contributed by atoms with Crippen LogP contribution in [0.2, 0.25) is 0 Å². The molecular formula is C24H27F3N6O4S2. The van der Waals surface area contributed by atoms with Crippen molar-refractivity contribution in [2.75, 3.05) is 48.1 Å². The van der Waals surface area contributed by atoms with Crippen LogP contribution in [0.3, 0.4) is 0 Å². The summed E-state index contributed by atoms with van der Waals surface area (Å²) < 4.78 is 65.2. The Morgan fingerprint density at radius 2 is 1.77 bits per heavy atom. The second-order valence-corrected chi connectivity index (χ2v) is 12.0. The lowest BCUT2D eigenvalue weighted by Crippen LogP contribution is -2.49. The van der Waals surface area contributed by atoms with Gasteiger partial charge < -0.3 is 15.1 Å². The van der Waals surface area contributed by atoms with Gasteiger partial charge in [0.25, 0.3) is 0 Å². The van der Waals surface area contributed by atoms with Crippen LogP contribution in [-0.4, -0.2) is 79.8 Å². The number of nitrogens with zero attached hydrogens (tertiary/aromatic N) is 4. The standard InChI is InChI=1S/C24H27F3N6O4S2/c1-16(34)28-6-11-39(36,37)31-18-4-2-17(3-5-18)12-21(35)32-7-9-33(10-8-32)22-20-13-19(14-24(25,26)27)38-23(20)30-15-29-22/h2-5,13,15,31H,6-12,14H2,1H3,(H,28,34). The van der Waals surface area contributed by atoms with Crippen LogP contribution >= 0.6 is 11.3 Å². The van der Waals surface area contributed by atoms with E-state index in [0.29, 0.717) is 47.9 Å². The first kappa shape index (κ1) is 28.5. The molecule has 1 aliphatic heterocycles. The number of amides is 2. The first-order chi connectivity index (χ1) is 18.4. The summed E-state index contributed by atoms with van der Waals surface area (Å²) in [5.74, 6) is -0.102. The Hall–Kier alpha value is -3.46. The van der Waals surface area contributed by atoms with Crippen molar-refractivity contribution in [1.29, 1.82) is 0 Å². The molecule has 0 atom stereocenters. The van der Waals surface area contributed by atoms with Gasteiger partial charge in [-0.3, -0.25) is 14.3 Å². The number of halogens is 3. The number of aromatic nitrogens is 2. The monoisotopic (exact) mass is 584 g/mol. The molecule has 1 fully saturated rings. The highest BCUT2D eigenvalue weighted by atomic mass is 32.2. The smallest absolute Gasteiger partial charge is 0.355 e. The van der Waals surface area contributed by atoms with E-state index in [9.17, 15) is 31.2 Å². The van der Waals surface area contributed by atoms with E-state index in [1.54, 1.807) is 29.2 Å². The van der Waals surface area contributed by atoms with Gasteiger partial charge in [-0.05, 0) is 23.8 Å². The van der Waals surface area contributed by atoms with E-state index < -0.39 is 22.6 Å². The van der Waals surface area contributed by atoms with Crippen molar-refractivity contribution in [3.63, 3.8) is 0 Å². The van der Waals surface area contributed by atoms with Crippen molar-refractivity contribution in [3.8, 4) is 0 Å². The Kier molecular flexibility index (Phi) is 8.59. The molecule has 0 spiro atoms. The highest BCUT2D eigenvalue weighted by molar-refractivity contribution is 7.92. The number of carbonyl (C=O) groups is 2. The van der Waals surface area contributed by atoms with Crippen LogP contribution in [0.5, 0.6) is 0 Å². The Morgan fingerprint density at radius 1 is 1.08 bits per heavy atom. The summed E-state index contributed by atoms with van der Waals surface area (Å²) in [6, 6.07) is 7.99. The summed E-state index contributed by atoms with van der Waals surface area (Å²) in [6.45, 7) is 3.11. The zero-order chi connectivity index (χ0) is 28.2. The van der Waals surface area contributed by atoms with E-state index >= 15 is 0 Å². The van der Waals surface area contributed by atoms with E-state index in [1.807, 2.05) is 4.90 Å². The molecule has 0 unspecified atom stereocenters. The van der Waals surface area contributed by atoms with E-state index in [0.717, 1.165) is 16.9 Å². The number of hydrogen-bond acceptors (Lipinski definition) is 8. The van der Waals surface area contributed by atoms with Crippen molar-refractivity contribution in [1.82, 2.24) is 20.2 Å². The summed E-state index contributed by atoms with van der Waals surface area (Å²) >= 11 is 1.00. The number of carbonyl (C=O) groups excluding carboxylic acids is 2. The Labute approximate surface area is 227 Å². The van der Waals surface area contributed by atoms with Crippen LogP contribution < -0.4 is 14.9 Å². The van der Waals surface area contributed by atoms with Crippen LogP contribution in [0, 0.1) is 0 Å². The zero-order valence-corrected chi connectivity index (χ0v) is 22.6. The minimum absolute atomic E-state index is 0.00102. The number of benzene rings is 1. The molecule has 210 valence electrons. The number of alkyl halides is 3. The first-order valence-electron chi connectivity index (χ1n) is 12.1. The van der Waals surface area contributed by atoms with Gasteiger partial charge >= 0.3 is 6.18 Å². The van der Waals surface area contributed by atoms with Crippen molar-refractivity contribution in [2.45, 2.75) is 25.9 Å². The lowest BCUT2D eigenvalue weighted by atomic mass is 10.1. The van der Waals surface area contributed by atoms with E-state index in [2.05, 4.69) is 20.0 Å². The number of rotatable bonds is 9. The SMILES string of the molecule is CC(=O)NCCS(=O)(=O)Nc1ccc(CC(=O)N2CCN(c3ncnc4sc(CC(F)(F)F)cc34)CC2)cc1. The Balaban J connectivity index is 1.31. The molecule has 2 aromatic heterocycles. The maximum atomic E-state index is 12.9. The van der Waals surface area contributed by atoms with Crippen LogP contribution in [0.15, 0.2) is 36.7 Å². The highest BCUT2D eigenvalue weighted by Gasteiger charge is 2.30. The van der Waals surface area contributed by atoms with Crippen LogP contribution in [0.4, 0.5) is 24.7 Å². The van der Waals surface area contributed by atoms with Crippen molar-refractivity contribution >= 4 is 54.9 Å². The predicted molar refractivity (Wildman–Crippen MR) is 142 cm³/mol. The van der Waals surface area contributed by atoms with Crippen molar-refractivity contribution < 1.29 is 31.2 Å². The molecule has 1 saturated heterocycles. The van der Waals surface area contributed by atoms with Gasteiger partial charge in [-0.1, -0.05) is 12.1 Å². The molecule has 15 heteroatoms. The van der Waals surface area contributed by atoms with Crippen molar-refractivity contribution in [2.24, 2.45) is 0 Å². The molecule has 2 amide bonds. The van der Waals surface area contributed by atoms with Gasteiger partial charge in [-0.15, -0.1) is 11.3 Å². The molecule has 0 aliphatic carbocycles. The molecule has 10 nitrogen and oxygen atoms in total. The van der Waals surface area contributed by atoms with Gasteiger partial charge in [0.2, 0.25) is 21.8 Å². The molecule has 0 radical (unpaired) electrons. The molecule has 4 rings (SSSR count). The summed E-state index contributed by atoms with van der Waals surface area (Å²) in [5.41, 5.74) is 1.07. The van der Waals surface area contributed by atoms with Gasteiger partial charge in [0.1, 0.15) is 17.0 Å². The maximum absolute atomic E-state index is 12.9. The molecule has 1 aromatic carbocycles. The molecule has 1 aliphatic rings. The number of anilines is 2. The van der Waals surface area contributed by atoms with Crippen LogP contribution in [-0.2, 0) is 32.5 Å². The number of nitrogens with one attached hydrogen (secondary N) is 2. The molecular weight excluding hydrogens is 557 g/mol. The normalized spacial score (nSPS) is 14.5. The molecule has 0 bridgehead atoms. The van der Waals surface area contributed by atoms with E-state index in [-0.39, 0.29) is 35.4 Å². The topological polar surface area (TPSA) is 125 Å². The minimum Gasteiger partial charge on any atom is -0.355 e. The second kappa shape index (κ2) is 11.7. The number of hydrogen-bond donors (Lipinski definition) is 2. The third kappa shape index (κ3) is 8.02. The maximum Gasteiger partial charge on any atom is 0.393 e. The third-order valence-electron chi connectivity index (χ3n) is 5.99. The molecule has 0 saturated carbocycles. The quantitative estimate of drug-likeness (QED) is 0.396. The van der Waals surface area contributed by atoms with Gasteiger partial charge in [-0.2, -0.15) is 13.2 Å². The number of thiophene rings is 1. The summed E-state index contributed by atoms with van der Waals surface area (Å²) in [6.07, 6.45) is -3.83. The minimum atomic E-state index is -4.30. The lowest BCUT2D eigenvalue weighted by Gasteiger charge is -2.35. The number of sulfonamides is 1. The molecule has 2 N–H and O–H groups in total. The van der Waals surface area contributed by atoms with E-state index in [1.165, 1.54) is 19.3 Å². The Bertz CT molecular complexity index is 1440. The summed E-state index contributed by atoms with van der Waals surface area (Å²) in [4.78, 5) is 36.5. The fourth-order valence-corrected chi connectivity index (χ4v) is 6.16. The number of piperazine rings is 1. The molecule has 3 aromatic rings. The summed E-state index contributed by atoms with van der Waals surface area (Å²) in [5, 5.41) is 3.01. The van der Waals surface area contributed by atoms with Gasteiger partial charge in [0.15, 0.2) is 0 Å². The van der Waals surface area contributed by atoms with Gasteiger partial charge in [0, 0.05) is 50.2 Å². The average Bonchev–Trinajstić information content (AvgIpc) is 3.25. The molecule has 3 heterocycles. The summed E-state index contributed by atoms with van der Waals surface area (Å²) in [7, 11) is -3.64. The second-order valence-electron chi connectivity index (χ2n) is 9.07. The van der Waals surface area contributed by atoms with Crippen LogP contribution in [0.1, 0.15) is 17.4 Å². The van der Waals surface area contributed by atoms with Gasteiger partial charge in [-0.25, -0.2) is 18.4 Å². The highest BCUT2D eigenvalue weighted by Crippen LogP contribution is 2.34. The third-order valence-corrected chi connectivity index (χ3v) is 8.32. The molecule has 39 heavy (non-hydrogen) atoms. The fourth-order valence-electron chi connectivity index (χ4n) is 4.17. The average molecular weight is 585 g/mol. The predicted octanol–water partition coefficient (Wildman–Crippen LogP) is 2.57. The fraction of sp³-hybridized carbons (Fsp3) is 0.417.